The van der Waals surface area contributed by atoms with Gasteiger partial charge in [-0.2, -0.15) is 0 Å². The van der Waals surface area contributed by atoms with Gasteiger partial charge in [-0.05, 0) is 53.5 Å². The first-order chi connectivity index (χ1) is 7.24. The van der Waals surface area contributed by atoms with Gasteiger partial charge in [-0.25, -0.2) is 0 Å². The second-order valence-electron chi connectivity index (χ2n) is 3.96. The smallest absolute Gasteiger partial charge is 0.0410 e. The van der Waals surface area contributed by atoms with Crippen molar-refractivity contribution < 1.29 is 0 Å². The van der Waals surface area contributed by atoms with Crippen LogP contribution >= 0.6 is 31.9 Å². The first-order valence-corrected chi connectivity index (χ1v) is 6.91. The Morgan fingerprint density at radius 2 is 2.07 bits per heavy atom. The monoisotopic (exact) mass is 332 g/mol. The van der Waals surface area contributed by atoms with Crippen LogP contribution in [0.2, 0.25) is 0 Å². The van der Waals surface area contributed by atoms with Gasteiger partial charge in [0, 0.05) is 28.2 Å². The number of alkyl halides is 1. The standard InChI is InChI=1S/C11H14Br2N2/c12-10-1-3-15(4-2-10)8-9-5-11(13)7-14-6-9/h5-7,10H,1-4,8H2. The first kappa shape index (κ1) is 11.6. The van der Waals surface area contributed by atoms with Crippen molar-refractivity contribution in [1.82, 2.24) is 9.88 Å². The van der Waals surface area contributed by atoms with Crippen LogP contribution in [0.1, 0.15) is 18.4 Å². The van der Waals surface area contributed by atoms with Crippen LogP contribution in [-0.2, 0) is 6.54 Å². The van der Waals surface area contributed by atoms with E-state index in [2.05, 4.69) is 47.8 Å². The molecule has 1 saturated heterocycles. The van der Waals surface area contributed by atoms with Crippen LogP contribution in [0.25, 0.3) is 0 Å². The number of piperidine rings is 1. The second kappa shape index (κ2) is 5.41. The summed E-state index contributed by atoms with van der Waals surface area (Å²) in [6, 6.07) is 2.15. The number of rotatable bonds is 2. The number of aromatic nitrogens is 1. The van der Waals surface area contributed by atoms with Gasteiger partial charge in [0.2, 0.25) is 0 Å². The third kappa shape index (κ3) is 3.54. The van der Waals surface area contributed by atoms with Crippen molar-refractivity contribution in [2.45, 2.75) is 24.2 Å². The van der Waals surface area contributed by atoms with E-state index < -0.39 is 0 Å². The topological polar surface area (TPSA) is 16.1 Å². The molecular weight excluding hydrogens is 320 g/mol. The molecule has 4 heteroatoms. The lowest BCUT2D eigenvalue weighted by atomic mass is 10.1. The summed E-state index contributed by atoms with van der Waals surface area (Å²) in [5, 5.41) is 0. The Bertz CT molecular complexity index is 322. The fourth-order valence-corrected chi connectivity index (χ4v) is 2.68. The first-order valence-electron chi connectivity index (χ1n) is 5.20. The molecule has 1 aromatic rings. The highest BCUT2D eigenvalue weighted by Gasteiger charge is 2.16. The Morgan fingerprint density at radius 3 is 2.73 bits per heavy atom. The average Bonchev–Trinajstić information content (AvgIpc) is 2.22. The molecule has 0 spiro atoms. The zero-order valence-corrected chi connectivity index (χ0v) is 11.7. The Balaban J connectivity index is 1.92. The molecule has 82 valence electrons. The largest absolute Gasteiger partial charge is 0.299 e. The van der Waals surface area contributed by atoms with Crippen molar-refractivity contribution >= 4 is 31.9 Å². The van der Waals surface area contributed by atoms with Crippen molar-refractivity contribution in [2.75, 3.05) is 13.1 Å². The number of hydrogen-bond acceptors (Lipinski definition) is 2. The lowest BCUT2D eigenvalue weighted by molar-refractivity contribution is 0.226. The number of nitrogens with zero attached hydrogens (tertiary/aromatic N) is 2. The Kier molecular flexibility index (Phi) is 4.17. The van der Waals surface area contributed by atoms with Gasteiger partial charge in [-0.3, -0.25) is 9.88 Å². The maximum absolute atomic E-state index is 4.18. The van der Waals surface area contributed by atoms with E-state index in [0.717, 1.165) is 15.8 Å². The van der Waals surface area contributed by atoms with Gasteiger partial charge in [0.05, 0.1) is 0 Å². The molecule has 2 heterocycles. The van der Waals surface area contributed by atoms with Gasteiger partial charge in [0.1, 0.15) is 0 Å². The maximum Gasteiger partial charge on any atom is 0.0410 e. The minimum Gasteiger partial charge on any atom is -0.299 e. The Labute approximate surface area is 107 Å². The predicted molar refractivity (Wildman–Crippen MR) is 69.2 cm³/mol. The molecule has 0 atom stereocenters. The molecule has 2 rings (SSSR count). The van der Waals surface area contributed by atoms with Crippen molar-refractivity contribution in [3.8, 4) is 0 Å². The highest BCUT2D eigenvalue weighted by Crippen LogP contribution is 2.19. The minimum absolute atomic E-state index is 0.717. The summed E-state index contributed by atoms with van der Waals surface area (Å²) in [7, 11) is 0. The lowest BCUT2D eigenvalue weighted by Gasteiger charge is -2.29. The highest BCUT2D eigenvalue weighted by atomic mass is 79.9. The highest BCUT2D eigenvalue weighted by molar-refractivity contribution is 9.10. The molecule has 1 aromatic heterocycles. The van der Waals surface area contributed by atoms with Gasteiger partial charge in [0.25, 0.3) is 0 Å². The molecule has 0 aliphatic carbocycles. The normalized spacial score (nSPS) is 19.3. The van der Waals surface area contributed by atoms with Crippen LogP contribution in [-0.4, -0.2) is 27.8 Å². The third-order valence-electron chi connectivity index (χ3n) is 2.68. The van der Waals surface area contributed by atoms with Crippen LogP contribution < -0.4 is 0 Å². The number of pyridine rings is 1. The third-order valence-corrected chi connectivity index (χ3v) is 4.03. The van der Waals surface area contributed by atoms with Gasteiger partial charge in [-0.1, -0.05) is 15.9 Å². The SMILES string of the molecule is Brc1cncc(CN2CCC(Br)CC2)c1. The van der Waals surface area contributed by atoms with Gasteiger partial charge in [-0.15, -0.1) is 0 Å². The van der Waals surface area contributed by atoms with E-state index in [4.69, 9.17) is 0 Å². The van der Waals surface area contributed by atoms with Crippen LogP contribution in [0.5, 0.6) is 0 Å². The summed E-state index contributed by atoms with van der Waals surface area (Å²) in [5.41, 5.74) is 1.29. The van der Waals surface area contributed by atoms with Gasteiger partial charge >= 0.3 is 0 Å². The molecule has 0 radical (unpaired) electrons. The van der Waals surface area contributed by atoms with E-state index >= 15 is 0 Å². The van der Waals surface area contributed by atoms with E-state index in [1.807, 2.05) is 12.4 Å². The van der Waals surface area contributed by atoms with Gasteiger partial charge < -0.3 is 0 Å². The summed E-state index contributed by atoms with van der Waals surface area (Å²) in [6.45, 7) is 3.39. The molecule has 0 bridgehead atoms. The quantitative estimate of drug-likeness (QED) is 0.773. The van der Waals surface area contributed by atoms with Crippen LogP contribution in [0.15, 0.2) is 22.9 Å². The fraction of sp³-hybridized carbons (Fsp3) is 0.545. The van der Waals surface area contributed by atoms with Crippen LogP contribution in [0, 0.1) is 0 Å². The van der Waals surface area contributed by atoms with Crippen molar-refractivity contribution in [3.05, 3.63) is 28.5 Å². The summed E-state index contributed by atoms with van der Waals surface area (Å²) in [6.07, 6.45) is 6.28. The molecule has 1 aliphatic heterocycles. The van der Waals surface area contributed by atoms with Crippen molar-refractivity contribution in [2.24, 2.45) is 0 Å². The lowest BCUT2D eigenvalue weighted by Crippen LogP contribution is -2.33. The molecule has 0 amide bonds. The van der Waals surface area contributed by atoms with Crippen molar-refractivity contribution in [3.63, 3.8) is 0 Å². The minimum atomic E-state index is 0.717. The molecule has 0 N–H and O–H groups in total. The molecule has 0 aromatic carbocycles. The summed E-state index contributed by atoms with van der Waals surface area (Å²) >= 11 is 7.11. The summed E-state index contributed by atoms with van der Waals surface area (Å²) < 4.78 is 1.07. The molecule has 15 heavy (non-hydrogen) atoms. The van der Waals surface area contributed by atoms with Gasteiger partial charge in [0.15, 0.2) is 0 Å². The number of likely N-dealkylation sites (tertiary alicyclic amines) is 1. The zero-order chi connectivity index (χ0) is 10.7. The second-order valence-corrected chi connectivity index (χ2v) is 6.17. The average molecular weight is 334 g/mol. The van der Waals surface area contributed by atoms with E-state index in [-0.39, 0.29) is 0 Å². The van der Waals surface area contributed by atoms with Crippen LogP contribution in [0.3, 0.4) is 0 Å². The van der Waals surface area contributed by atoms with E-state index in [0.29, 0.717) is 0 Å². The Morgan fingerprint density at radius 1 is 1.33 bits per heavy atom. The van der Waals surface area contributed by atoms with E-state index in [9.17, 15) is 0 Å². The zero-order valence-electron chi connectivity index (χ0n) is 8.50. The molecule has 1 fully saturated rings. The molecule has 1 aliphatic rings. The van der Waals surface area contributed by atoms with Crippen molar-refractivity contribution in [1.29, 1.82) is 0 Å². The summed E-state index contributed by atoms with van der Waals surface area (Å²) in [5.74, 6) is 0. The predicted octanol–water partition coefficient (Wildman–Crippen LogP) is 3.20. The number of halogens is 2. The van der Waals surface area contributed by atoms with Crippen LogP contribution in [0.4, 0.5) is 0 Å². The maximum atomic E-state index is 4.18. The molecule has 0 saturated carbocycles. The molecular formula is C11H14Br2N2. The van der Waals surface area contributed by atoms with E-state index in [1.54, 1.807) is 0 Å². The summed E-state index contributed by atoms with van der Waals surface area (Å²) in [4.78, 5) is 7.39. The number of hydrogen-bond donors (Lipinski definition) is 0. The molecule has 2 nitrogen and oxygen atoms in total. The molecule has 0 unspecified atom stereocenters. The Hall–Kier alpha value is 0.0700. The fourth-order valence-electron chi connectivity index (χ4n) is 1.86. The van der Waals surface area contributed by atoms with E-state index in [1.165, 1.54) is 31.5 Å².